The lowest BCUT2D eigenvalue weighted by molar-refractivity contribution is -0.0815. The summed E-state index contributed by atoms with van der Waals surface area (Å²) in [7, 11) is 1.78. The molecule has 0 aliphatic heterocycles. The average Bonchev–Trinajstić information content (AvgIpc) is 2.53. The van der Waals surface area contributed by atoms with Gasteiger partial charge < -0.3 is 10.5 Å². The van der Waals surface area contributed by atoms with E-state index in [2.05, 4.69) is 15.9 Å². The van der Waals surface area contributed by atoms with Crippen LogP contribution in [0.1, 0.15) is 36.6 Å². The number of rotatable bonds is 4. The highest BCUT2D eigenvalue weighted by Gasteiger charge is 2.38. The summed E-state index contributed by atoms with van der Waals surface area (Å²) >= 11 is 11.0. The van der Waals surface area contributed by atoms with Crippen molar-refractivity contribution in [3.05, 3.63) is 19.8 Å². The number of thiophene rings is 1. The van der Waals surface area contributed by atoms with E-state index in [9.17, 15) is 0 Å². The normalized spacial score (nSPS) is 20.5. The van der Waals surface area contributed by atoms with Gasteiger partial charge in [0, 0.05) is 18.0 Å². The topological polar surface area (TPSA) is 35.2 Å². The van der Waals surface area contributed by atoms with Gasteiger partial charge in [0.05, 0.1) is 14.4 Å². The van der Waals surface area contributed by atoms with Gasteiger partial charge in [-0.05, 0) is 47.7 Å². The Morgan fingerprint density at radius 2 is 2.38 bits per heavy atom. The van der Waals surface area contributed by atoms with Crippen LogP contribution in [0.25, 0.3) is 0 Å². The van der Waals surface area contributed by atoms with Crippen LogP contribution in [-0.2, 0) is 4.74 Å². The van der Waals surface area contributed by atoms with Gasteiger partial charge in [-0.15, -0.1) is 11.3 Å². The van der Waals surface area contributed by atoms with Crippen LogP contribution in [0.4, 0.5) is 0 Å². The van der Waals surface area contributed by atoms with E-state index in [-0.39, 0.29) is 11.6 Å². The van der Waals surface area contributed by atoms with Crippen molar-refractivity contribution in [1.29, 1.82) is 0 Å². The molecule has 0 aromatic carbocycles. The van der Waals surface area contributed by atoms with E-state index in [1.165, 1.54) is 6.42 Å². The van der Waals surface area contributed by atoms with Crippen molar-refractivity contribution >= 4 is 38.9 Å². The molecule has 1 saturated carbocycles. The van der Waals surface area contributed by atoms with E-state index in [1.807, 2.05) is 6.07 Å². The Morgan fingerprint density at radius 3 is 2.75 bits per heavy atom. The molecule has 1 unspecified atom stereocenters. The standard InChI is InChI=1S/C11H15BrClNOS/c1-15-11(3-2-4-11)6-8(14)9-5-7(13)10(12)16-9/h5,8H,2-4,6,14H2,1H3. The molecule has 1 aromatic rings. The third-order valence-corrected chi connectivity index (χ3v) is 5.93. The van der Waals surface area contributed by atoms with Crippen molar-refractivity contribution in [2.45, 2.75) is 37.3 Å². The quantitative estimate of drug-likeness (QED) is 0.904. The summed E-state index contributed by atoms with van der Waals surface area (Å²) in [6.45, 7) is 0. The summed E-state index contributed by atoms with van der Waals surface area (Å²) in [4.78, 5) is 1.13. The molecule has 1 aliphatic rings. The van der Waals surface area contributed by atoms with Crippen molar-refractivity contribution in [3.8, 4) is 0 Å². The molecule has 0 bridgehead atoms. The zero-order valence-electron chi connectivity index (χ0n) is 9.13. The van der Waals surface area contributed by atoms with Crippen LogP contribution in [0.2, 0.25) is 5.02 Å². The van der Waals surface area contributed by atoms with Crippen LogP contribution in [0, 0.1) is 0 Å². The third kappa shape index (κ3) is 2.46. The molecule has 1 aliphatic carbocycles. The predicted octanol–water partition coefficient (Wildman–Crippen LogP) is 4.12. The molecule has 5 heteroatoms. The van der Waals surface area contributed by atoms with Crippen LogP contribution in [0.3, 0.4) is 0 Å². The Labute approximate surface area is 113 Å². The molecule has 0 amide bonds. The van der Waals surface area contributed by atoms with Gasteiger partial charge in [-0.1, -0.05) is 11.6 Å². The van der Waals surface area contributed by atoms with Gasteiger partial charge in [-0.25, -0.2) is 0 Å². The van der Waals surface area contributed by atoms with Crippen LogP contribution in [0.15, 0.2) is 9.85 Å². The van der Waals surface area contributed by atoms with E-state index in [4.69, 9.17) is 22.1 Å². The maximum absolute atomic E-state index is 6.20. The minimum Gasteiger partial charge on any atom is -0.378 e. The maximum atomic E-state index is 6.20. The average molecular weight is 325 g/mol. The minimum absolute atomic E-state index is 0.0162. The SMILES string of the molecule is COC1(CC(N)c2cc(Cl)c(Br)s2)CCC1. The summed E-state index contributed by atoms with van der Waals surface area (Å²) in [5.41, 5.74) is 6.22. The fourth-order valence-electron chi connectivity index (χ4n) is 2.11. The number of ether oxygens (including phenoxy) is 1. The van der Waals surface area contributed by atoms with Crippen LogP contribution in [-0.4, -0.2) is 12.7 Å². The molecule has 2 N–H and O–H groups in total. The van der Waals surface area contributed by atoms with Gasteiger partial charge in [0.25, 0.3) is 0 Å². The molecule has 0 saturated heterocycles. The molecule has 1 aromatic heterocycles. The predicted molar refractivity (Wildman–Crippen MR) is 72.2 cm³/mol. The number of hydrogen-bond donors (Lipinski definition) is 1. The van der Waals surface area contributed by atoms with Gasteiger partial charge in [-0.3, -0.25) is 0 Å². The first-order chi connectivity index (χ1) is 7.56. The summed E-state index contributed by atoms with van der Waals surface area (Å²) in [5.74, 6) is 0. The first kappa shape index (κ1) is 12.8. The van der Waals surface area contributed by atoms with Crippen LogP contribution < -0.4 is 5.73 Å². The molecule has 1 fully saturated rings. The molecule has 0 spiro atoms. The molecule has 2 rings (SSSR count). The van der Waals surface area contributed by atoms with Crippen molar-refractivity contribution in [2.24, 2.45) is 5.73 Å². The number of nitrogens with two attached hydrogens (primary N) is 1. The van der Waals surface area contributed by atoms with E-state index >= 15 is 0 Å². The Hall–Kier alpha value is 0.390. The maximum Gasteiger partial charge on any atom is 0.0887 e. The van der Waals surface area contributed by atoms with E-state index in [0.29, 0.717) is 0 Å². The monoisotopic (exact) mass is 323 g/mol. The molecule has 16 heavy (non-hydrogen) atoms. The number of halogens is 2. The van der Waals surface area contributed by atoms with Crippen molar-refractivity contribution in [2.75, 3.05) is 7.11 Å². The molecule has 1 atom stereocenters. The zero-order chi connectivity index (χ0) is 11.8. The fraction of sp³-hybridized carbons (Fsp3) is 0.636. The minimum atomic E-state index is 0.0162. The zero-order valence-corrected chi connectivity index (χ0v) is 12.3. The smallest absolute Gasteiger partial charge is 0.0887 e. The summed E-state index contributed by atoms with van der Waals surface area (Å²) in [6.07, 6.45) is 4.37. The number of hydrogen-bond acceptors (Lipinski definition) is 3. The van der Waals surface area contributed by atoms with Crippen LogP contribution >= 0.6 is 38.9 Å². The van der Waals surface area contributed by atoms with Gasteiger partial charge in [0.15, 0.2) is 0 Å². The second kappa shape index (κ2) is 4.94. The third-order valence-electron chi connectivity index (χ3n) is 3.32. The summed E-state index contributed by atoms with van der Waals surface area (Å²) < 4.78 is 6.54. The van der Waals surface area contributed by atoms with Crippen molar-refractivity contribution in [1.82, 2.24) is 0 Å². The number of methoxy groups -OCH3 is 1. The lowest BCUT2D eigenvalue weighted by Crippen LogP contribution is -2.41. The second-order valence-corrected chi connectivity index (χ2v) is 7.13. The molecule has 1 heterocycles. The fourth-order valence-corrected chi connectivity index (χ4v) is 3.86. The Balaban J connectivity index is 2.05. The Bertz CT molecular complexity index is 353. The van der Waals surface area contributed by atoms with E-state index < -0.39 is 0 Å². The first-order valence-electron chi connectivity index (χ1n) is 5.32. The van der Waals surface area contributed by atoms with Gasteiger partial charge in [0.2, 0.25) is 0 Å². The van der Waals surface area contributed by atoms with Crippen molar-refractivity contribution < 1.29 is 4.74 Å². The molecular formula is C11H15BrClNOS. The van der Waals surface area contributed by atoms with E-state index in [1.54, 1.807) is 18.4 Å². The molecular weight excluding hydrogens is 310 g/mol. The van der Waals surface area contributed by atoms with Gasteiger partial charge in [-0.2, -0.15) is 0 Å². The lowest BCUT2D eigenvalue weighted by Gasteiger charge is -2.42. The second-order valence-electron chi connectivity index (χ2n) is 4.32. The highest BCUT2D eigenvalue weighted by Crippen LogP contribution is 2.43. The van der Waals surface area contributed by atoms with Crippen molar-refractivity contribution in [3.63, 3.8) is 0 Å². The Morgan fingerprint density at radius 1 is 1.69 bits per heavy atom. The molecule has 0 radical (unpaired) electrons. The van der Waals surface area contributed by atoms with Gasteiger partial charge >= 0.3 is 0 Å². The van der Waals surface area contributed by atoms with E-state index in [0.717, 1.165) is 32.9 Å². The van der Waals surface area contributed by atoms with Gasteiger partial charge in [0.1, 0.15) is 0 Å². The lowest BCUT2D eigenvalue weighted by atomic mass is 9.75. The highest BCUT2D eigenvalue weighted by atomic mass is 79.9. The first-order valence-corrected chi connectivity index (χ1v) is 7.30. The largest absolute Gasteiger partial charge is 0.378 e. The van der Waals surface area contributed by atoms with Crippen LogP contribution in [0.5, 0.6) is 0 Å². The molecule has 2 nitrogen and oxygen atoms in total. The Kier molecular flexibility index (Phi) is 3.97. The molecule has 90 valence electrons. The highest BCUT2D eigenvalue weighted by molar-refractivity contribution is 9.11. The summed E-state index contributed by atoms with van der Waals surface area (Å²) in [6, 6.07) is 1.97. The summed E-state index contributed by atoms with van der Waals surface area (Å²) in [5, 5.41) is 0.746.